The van der Waals surface area contributed by atoms with Crippen molar-refractivity contribution in [2.45, 2.75) is 57.7 Å². The van der Waals surface area contributed by atoms with Crippen molar-refractivity contribution in [3.63, 3.8) is 0 Å². The van der Waals surface area contributed by atoms with Gasteiger partial charge < -0.3 is 24.8 Å². The minimum Gasteiger partial charge on any atom is -0.493 e. The quantitative estimate of drug-likeness (QED) is 0.741. The first kappa shape index (κ1) is 20.5. The fraction of sp³-hybridized carbons (Fsp3) is 0.650. The lowest BCUT2D eigenvalue weighted by atomic mass is 9.89. The van der Waals surface area contributed by atoms with Crippen LogP contribution in [0.3, 0.4) is 0 Å². The van der Waals surface area contributed by atoms with Crippen LogP contribution < -0.4 is 14.8 Å². The van der Waals surface area contributed by atoms with Crippen LogP contribution in [-0.2, 0) is 11.3 Å². The van der Waals surface area contributed by atoms with Gasteiger partial charge >= 0.3 is 0 Å². The second-order valence-electron chi connectivity index (χ2n) is 7.61. The average Bonchev–Trinajstić information content (AvgIpc) is 2.64. The Labute approximate surface area is 156 Å². The lowest BCUT2D eigenvalue weighted by Crippen LogP contribution is -2.60. The zero-order valence-corrected chi connectivity index (χ0v) is 16.6. The summed E-state index contributed by atoms with van der Waals surface area (Å²) in [5, 5.41) is 14.3. The first-order valence-corrected chi connectivity index (χ1v) is 9.23. The van der Waals surface area contributed by atoms with Crippen LogP contribution >= 0.6 is 0 Å². The van der Waals surface area contributed by atoms with Gasteiger partial charge in [-0.2, -0.15) is 0 Å². The van der Waals surface area contributed by atoms with Crippen molar-refractivity contribution in [2.24, 2.45) is 0 Å². The van der Waals surface area contributed by atoms with Crippen molar-refractivity contribution < 1.29 is 19.4 Å². The number of methoxy groups -OCH3 is 2. The maximum atomic E-state index is 13.0. The summed E-state index contributed by atoms with van der Waals surface area (Å²) in [4.78, 5) is 14.7. The third kappa shape index (κ3) is 4.48. The van der Waals surface area contributed by atoms with E-state index in [0.717, 1.165) is 18.4 Å². The number of rotatable bonds is 8. The predicted molar refractivity (Wildman–Crippen MR) is 102 cm³/mol. The summed E-state index contributed by atoms with van der Waals surface area (Å²) in [7, 11) is 3.18. The fourth-order valence-electron chi connectivity index (χ4n) is 3.17. The van der Waals surface area contributed by atoms with Crippen molar-refractivity contribution in [1.82, 2.24) is 10.2 Å². The molecule has 146 valence electrons. The van der Waals surface area contributed by atoms with Gasteiger partial charge in [0.1, 0.15) is 0 Å². The number of nitrogens with one attached hydrogen (secondary N) is 1. The van der Waals surface area contributed by atoms with Crippen LogP contribution in [-0.4, -0.2) is 54.4 Å². The van der Waals surface area contributed by atoms with Gasteiger partial charge in [0.2, 0.25) is 0 Å². The van der Waals surface area contributed by atoms with E-state index in [1.165, 1.54) is 0 Å². The third-order valence-electron chi connectivity index (χ3n) is 5.29. The van der Waals surface area contributed by atoms with Crippen LogP contribution in [0.25, 0.3) is 0 Å². The van der Waals surface area contributed by atoms with E-state index >= 15 is 0 Å². The number of β-amino-alcohol motifs (C(OH)–C–C–N with tert-alkyl or cyclic N) is 1. The molecule has 1 aromatic carbocycles. The third-order valence-corrected chi connectivity index (χ3v) is 5.29. The molecule has 6 nitrogen and oxygen atoms in total. The Morgan fingerprint density at radius 3 is 2.65 bits per heavy atom. The lowest BCUT2D eigenvalue weighted by Gasteiger charge is -2.40. The summed E-state index contributed by atoms with van der Waals surface area (Å²) in [5.74, 6) is 1.03. The summed E-state index contributed by atoms with van der Waals surface area (Å²) in [6.07, 6.45) is 2.16. The molecule has 0 aliphatic carbocycles. The molecule has 1 unspecified atom stereocenters. The Morgan fingerprint density at radius 2 is 2.04 bits per heavy atom. The number of benzene rings is 1. The van der Waals surface area contributed by atoms with Gasteiger partial charge in [-0.15, -0.1) is 0 Å². The minimum absolute atomic E-state index is 0.117. The highest BCUT2D eigenvalue weighted by atomic mass is 16.5. The van der Waals surface area contributed by atoms with Crippen LogP contribution in [0.15, 0.2) is 18.2 Å². The number of ether oxygens (including phenoxy) is 2. The number of amides is 1. The topological polar surface area (TPSA) is 71.0 Å². The summed E-state index contributed by atoms with van der Waals surface area (Å²) >= 11 is 0. The maximum Gasteiger partial charge on any atom is 0.256 e. The van der Waals surface area contributed by atoms with Gasteiger partial charge in [-0.1, -0.05) is 19.1 Å². The van der Waals surface area contributed by atoms with E-state index < -0.39 is 5.60 Å². The van der Waals surface area contributed by atoms with Crippen molar-refractivity contribution in [3.8, 4) is 11.5 Å². The normalized spacial score (nSPS) is 21.0. The van der Waals surface area contributed by atoms with Crippen LogP contribution in [0.5, 0.6) is 11.5 Å². The molecule has 0 bridgehead atoms. The number of carbonyl (C=O) groups excluding carboxylic acids is 1. The molecule has 1 aliphatic rings. The summed E-state index contributed by atoms with van der Waals surface area (Å²) in [5.41, 5.74) is -0.614. The van der Waals surface area contributed by atoms with E-state index in [2.05, 4.69) is 26.1 Å². The van der Waals surface area contributed by atoms with E-state index in [-0.39, 0.29) is 18.0 Å². The van der Waals surface area contributed by atoms with Gasteiger partial charge in [0, 0.05) is 30.7 Å². The Kier molecular flexibility index (Phi) is 6.53. The molecule has 0 aromatic heterocycles. The Morgan fingerprint density at radius 1 is 1.31 bits per heavy atom. The molecule has 1 heterocycles. The van der Waals surface area contributed by atoms with Crippen molar-refractivity contribution in [2.75, 3.05) is 27.3 Å². The number of nitrogens with zero attached hydrogens (tertiary/aromatic N) is 1. The summed E-state index contributed by atoms with van der Waals surface area (Å²) in [6, 6.07) is 5.62. The standard InChI is InChI=1S/C20H32N2O4/c1-6-19(2,3)21-14-20(24)11-8-12-22(18(20)23)13-15-9-7-10-16(25-4)17(15)26-5/h7,9-10,21,24H,6,8,11-14H2,1-5H3. The molecule has 1 fully saturated rings. The van der Waals surface area contributed by atoms with Gasteiger partial charge in [-0.3, -0.25) is 4.79 Å². The number of likely N-dealkylation sites (tertiary alicyclic amines) is 1. The molecular weight excluding hydrogens is 332 g/mol. The monoisotopic (exact) mass is 364 g/mol. The molecule has 1 amide bonds. The second kappa shape index (κ2) is 8.27. The summed E-state index contributed by atoms with van der Waals surface area (Å²) in [6.45, 7) is 7.50. The number of aliphatic hydroxyl groups is 1. The molecule has 0 saturated carbocycles. The lowest BCUT2D eigenvalue weighted by molar-refractivity contribution is -0.157. The van der Waals surface area contributed by atoms with Gasteiger partial charge in [0.15, 0.2) is 17.1 Å². The smallest absolute Gasteiger partial charge is 0.256 e. The Balaban J connectivity index is 2.15. The molecule has 6 heteroatoms. The van der Waals surface area contributed by atoms with Crippen LogP contribution in [0.4, 0.5) is 0 Å². The maximum absolute atomic E-state index is 13.0. The summed E-state index contributed by atoms with van der Waals surface area (Å²) < 4.78 is 10.8. The predicted octanol–water partition coefficient (Wildman–Crippen LogP) is 2.34. The van der Waals surface area contributed by atoms with E-state index in [0.29, 0.717) is 31.0 Å². The Bertz CT molecular complexity index is 632. The van der Waals surface area contributed by atoms with Gasteiger partial charge in [0.25, 0.3) is 5.91 Å². The largest absolute Gasteiger partial charge is 0.493 e. The highest BCUT2D eigenvalue weighted by molar-refractivity contribution is 5.86. The number of piperidine rings is 1. The van der Waals surface area contributed by atoms with E-state index in [1.807, 2.05) is 18.2 Å². The zero-order chi connectivity index (χ0) is 19.4. The Hall–Kier alpha value is -1.79. The first-order valence-electron chi connectivity index (χ1n) is 9.23. The molecule has 2 rings (SSSR count). The number of carbonyl (C=O) groups is 1. The fourth-order valence-corrected chi connectivity index (χ4v) is 3.17. The van der Waals surface area contributed by atoms with Gasteiger partial charge in [-0.05, 0) is 39.2 Å². The average molecular weight is 364 g/mol. The van der Waals surface area contributed by atoms with Crippen LogP contribution in [0.2, 0.25) is 0 Å². The number of hydrogen-bond acceptors (Lipinski definition) is 5. The molecule has 1 aromatic rings. The molecule has 2 N–H and O–H groups in total. The zero-order valence-electron chi connectivity index (χ0n) is 16.6. The van der Waals surface area contributed by atoms with Crippen LogP contribution in [0, 0.1) is 0 Å². The van der Waals surface area contributed by atoms with Crippen molar-refractivity contribution in [1.29, 1.82) is 0 Å². The molecule has 0 spiro atoms. The van der Waals surface area contributed by atoms with E-state index in [4.69, 9.17) is 9.47 Å². The highest BCUT2D eigenvalue weighted by Crippen LogP contribution is 2.33. The highest BCUT2D eigenvalue weighted by Gasteiger charge is 2.42. The van der Waals surface area contributed by atoms with Crippen molar-refractivity contribution >= 4 is 5.91 Å². The van der Waals surface area contributed by atoms with E-state index in [1.54, 1.807) is 19.1 Å². The number of hydrogen-bond donors (Lipinski definition) is 2. The molecule has 0 radical (unpaired) electrons. The second-order valence-corrected chi connectivity index (χ2v) is 7.61. The molecule has 1 saturated heterocycles. The first-order chi connectivity index (χ1) is 12.3. The van der Waals surface area contributed by atoms with Crippen molar-refractivity contribution in [3.05, 3.63) is 23.8 Å². The number of para-hydroxylation sites is 1. The van der Waals surface area contributed by atoms with E-state index in [9.17, 15) is 9.90 Å². The molecular formula is C20H32N2O4. The minimum atomic E-state index is -1.36. The molecule has 26 heavy (non-hydrogen) atoms. The van der Waals surface area contributed by atoms with Gasteiger partial charge in [-0.25, -0.2) is 0 Å². The molecule has 1 atom stereocenters. The molecule has 1 aliphatic heterocycles. The SMILES string of the molecule is CCC(C)(C)NCC1(O)CCCN(Cc2cccc(OC)c2OC)C1=O. The van der Waals surface area contributed by atoms with Gasteiger partial charge in [0.05, 0.1) is 14.2 Å². The van der Waals surface area contributed by atoms with Crippen LogP contribution in [0.1, 0.15) is 45.6 Å².